The molecule has 0 saturated heterocycles. The highest BCUT2D eigenvalue weighted by Gasteiger charge is 2.22. The number of nitrogens with one attached hydrogen (secondary N) is 3. The largest absolute Gasteiger partial charge is 0.480 e. The molecule has 2 heterocycles. The molecule has 4 aromatic rings. The lowest BCUT2D eigenvalue weighted by Crippen LogP contribution is -2.46. The highest BCUT2D eigenvalue weighted by atomic mass is 16.5. The number of aromatic nitrogens is 2. The first-order valence-corrected chi connectivity index (χ1v) is 9.43. The number of fused-ring (bicyclic) bond motifs is 1. The predicted octanol–water partition coefficient (Wildman–Crippen LogP) is 3.32. The maximum Gasteiger partial charge on any atom is 0.326 e. The van der Waals surface area contributed by atoms with E-state index in [9.17, 15) is 14.7 Å². The van der Waals surface area contributed by atoms with Gasteiger partial charge in [-0.2, -0.15) is 0 Å². The van der Waals surface area contributed by atoms with Gasteiger partial charge in [0.25, 0.3) is 0 Å². The van der Waals surface area contributed by atoms with Crippen LogP contribution in [0.3, 0.4) is 0 Å². The Bertz CT molecular complexity index is 1170. The van der Waals surface area contributed by atoms with E-state index in [0.29, 0.717) is 11.5 Å². The minimum atomic E-state index is -1.11. The third-order valence-corrected chi connectivity index (χ3v) is 4.75. The van der Waals surface area contributed by atoms with Gasteiger partial charge in [0.2, 0.25) is 0 Å². The summed E-state index contributed by atoms with van der Waals surface area (Å²) in [6.45, 7) is 0.113. The van der Waals surface area contributed by atoms with Crippen LogP contribution >= 0.6 is 0 Å². The molecule has 0 bridgehead atoms. The SMILES string of the molecule is O=C(NCc1cc(-c2ccccc2)on1)N[C@H](Cc1c[nH]c2ccccc12)C(=O)O. The molecule has 0 aliphatic heterocycles. The number of carbonyl (C=O) groups excluding carboxylic acids is 1. The first-order valence-electron chi connectivity index (χ1n) is 9.43. The van der Waals surface area contributed by atoms with Gasteiger partial charge < -0.3 is 25.2 Å². The summed E-state index contributed by atoms with van der Waals surface area (Å²) >= 11 is 0. The van der Waals surface area contributed by atoms with Crippen LogP contribution < -0.4 is 10.6 Å². The number of H-pyrrole nitrogens is 1. The molecule has 2 aromatic carbocycles. The fourth-order valence-corrected chi connectivity index (χ4v) is 3.23. The summed E-state index contributed by atoms with van der Waals surface area (Å²) in [5.74, 6) is -0.515. The van der Waals surface area contributed by atoms with E-state index in [-0.39, 0.29) is 13.0 Å². The smallest absolute Gasteiger partial charge is 0.326 e. The second-order valence-corrected chi connectivity index (χ2v) is 6.83. The van der Waals surface area contributed by atoms with Gasteiger partial charge in [-0.05, 0) is 11.6 Å². The van der Waals surface area contributed by atoms with Crippen molar-refractivity contribution >= 4 is 22.9 Å². The lowest BCUT2D eigenvalue weighted by Gasteiger charge is -2.14. The highest BCUT2D eigenvalue weighted by Crippen LogP contribution is 2.20. The monoisotopic (exact) mass is 404 g/mol. The van der Waals surface area contributed by atoms with Gasteiger partial charge in [0.1, 0.15) is 11.7 Å². The molecular formula is C22H20N4O4. The number of aromatic amines is 1. The molecular weight excluding hydrogens is 384 g/mol. The molecule has 30 heavy (non-hydrogen) atoms. The number of carboxylic acid groups (broad SMARTS) is 1. The van der Waals surface area contributed by atoms with Crippen molar-refractivity contribution in [3.8, 4) is 11.3 Å². The van der Waals surface area contributed by atoms with Crippen LogP contribution in [-0.4, -0.2) is 33.3 Å². The summed E-state index contributed by atoms with van der Waals surface area (Å²) in [6, 6.07) is 17.2. The highest BCUT2D eigenvalue weighted by molar-refractivity contribution is 5.86. The summed E-state index contributed by atoms with van der Waals surface area (Å²) in [6.07, 6.45) is 1.93. The van der Waals surface area contributed by atoms with Gasteiger partial charge in [-0.25, -0.2) is 9.59 Å². The Morgan fingerprint density at radius 3 is 2.67 bits per heavy atom. The number of carboxylic acids is 1. The van der Waals surface area contributed by atoms with Crippen LogP contribution in [0, 0.1) is 0 Å². The minimum absolute atomic E-state index is 0.113. The van der Waals surface area contributed by atoms with E-state index in [0.717, 1.165) is 22.0 Å². The van der Waals surface area contributed by atoms with Crippen LogP contribution in [-0.2, 0) is 17.8 Å². The van der Waals surface area contributed by atoms with Gasteiger partial charge in [0.15, 0.2) is 5.76 Å². The molecule has 0 fully saturated rings. The summed E-state index contributed by atoms with van der Waals surface area (Å²) in [5, 5.41) is 19.5. The number of nitrogens with zero attached hydrogens (tertiary/aromatic N) is 1. The standard InChI is InChI=1S/C22H20N4O4/c27-21(28)19(10-15-12-23-18-9-5-4-8-17(15)18)25-22(29)24-13-16-11-20(30-26-16)14-6-2-1-3-7-14/h1-9,11-12,19,23H,10,13H2,(H,27,28)(H2,24,25,29)/t19-/m1/s1. The molecule has 0 aliphatic carbocycles. The molecule has 2 aromatic heterocycles. The van der Waals surface area contributed by atoms with Crippen LogP contribution in [0.1, 0.15) is 11.3 Å². The van der Waals surface area contributed by atoms with Gasteiger partial charge >= 0.3 is 12.0 Å². The maximum atomic E-state index is 12.2. The van der Waals surface area contributed by atoms with Gasteiger partial charge in [0, 0.05) is 35.2 Å². The zero-order chi connectivity index (χ0) is 20.9. The third kappa shape index (κ3) is 4.33. The number of hydrogen-bond donors (Lipinski definition) is 4. The predicted molar refractivity (Wildman–Crippen MR) is 111 cm³/mol. The normalized spacial score (nSPS) is 11.9. The Morgan fingerprint density at radius 2 is 1.87 bits per heavy atom. The van der Waals surface area contributed by atoms with Crippen LogP contribution in [0.15, 0.2) is 71.4 Å². The van der Waals surface area contributed by atoms with Crippen molar-refractivity contribution < 1.29 is 19.2 Å². The van der Waals surface area contributed by atoms with Crippen molar-refractivity contribution in [2.24, 2.45) is 0 Å². The van der Waals surface area contributed by atoms with Crippen molar-refractivity contribution in [1.82, 2.24) is 20.8 Å². The third-order valence-electron chi connectivity index (χ3n) is 4.75. The molecule has 8 nitrogen and oxygen atoms in total. The van der Waals surface area contributed by atoms with Crippen LogP contribution in [0.2, 0.25) is 0 Å². The Labute approximate surface area is 171 Å². The van der Waals surface area contributed by atoms with Crippen molar-refractivity contribution in [3.63, 3.8) is 0 Å². The van der Waals surface area contributed by atoms with Crippen LogP contribution in [0.4, 0.5) is 4.79 Å². The van der Waals surface area contributed by atoms with Gasteiger partial charge in [-0.1, -0.05) is 53.7 Å². The molecule has 1 atom stereocenters. The van der Waals surface area contributed by atoms with Crippen LogP contribution in [0.25, 0.3) is 22.2 Å². The van der Waals surface area contributed by atoms with E-state index < -0.39 is 18.0 Å². The molecule has 0 radical (unpaired) electrons. The number of hydrogen-bond acceptors (Lipinski definition) is 4. The zero-order valence-electron chi connectivity index (χ0n) is 16.0. The van der Waals surface area contributed by atoms with Gasteiger partial charge in [0.05, 0.1) is 6.54 Å². The summed E-state index contributed by atoms with van der Waals surface area (Å²) in [5.41, 5.74) is 3.15. The molecule has 2 amide bonds. The van der Waals surface area contributed by atoms with Crippen molar-refractivity contribution in [2.75, 3.05) is 0 Å². The van der Waals surface area contributed by atoms with Gasteiger partial charge in [-0.15, -0.1) is 0 Å². The molecule has 0 aliphatic rings. The van der Waals surface area contributed by atoms with Crippen molar-refractivity contribution in [2.45, 2.75) is 19.0 Å². The zero-order valence-corrected chi connectivity index (χ0v) is 16.0. The first-order chi connectivity index (χ1) is 14.6. The minimum Gasteiger partial charge on any atom is -0.480 e. The quantitative estimate of drug-likeness (QED) is 0.377. The summed E-state index contributed by atoms with van der Waals surface area (Å²) < 4.78 is 5.29. The van der Waals surface area contributed by atoms with Crippen molar-refractivity contribution in [3.05, 3.63) is 78.1 Å². The first kappa shape index (κ1) is 19.3. The summed E-state index contributed by atoms with van der Waals surface area (Å²) in [7, 11) is 0. The van der Waals surface area contributed by atoms with E-state index in [1.165, 1.54) is 0 Å². The fraction of sp³-hybridized carbons (Fsp3) is 0.136. The fourth-order valence-electron chi connectivity index (χ4n) is 3.23. The number of benzene rings is 2. The molecule has 0 unspecified atom stereocenters. The van der Waals surface area contributed by atoms with Gasteiger partial charge in [-0.3, -0.25) is 0 Å². The number of aliphatic carboxylic acids is 1. The lowest BCUT2D eigenvalue weighted by atomic mass is 10.1. The Morgan fingerprint density at radius 1 is 1.10 bits per heavy atom. The van der Waals surface area contributed by atoms with E-state index in [4.69, 9.17) is 4.52 Å². The number of para-hydroxylation sites is 1. The second kappa shape index (κ2) is 8.52. The molecule has 152 valence electrons. The number of carbonyl (C=O) groups is 2. The Kier molecular flexibility index (Phi) is 5.47. The number of urea groups is 1. The topological polar surface area (TPSA) is 120 Å². The Hall–Kier alpha value is -4.07. The number of amides is 2. The molecule has 0 spiro atoms. The average molecular weight is 404 g/mol. The molecule has 4 N–H and O–H groups in total. The molecule has 4 rings (SSSR count). The van der Waals surface area contributed by atoms with E-state index in [1.54, 1.807) is 12.3 Å². The van der Waals surface area contributed by atoms with E-state index in [1.807, 2.05) is 54.6 Å². The Balaban J connectivity index is 1.36. The maximum absolute atomic E-state index is 12.2. The summed E-state index contributed by atoms with van der Waals surface area (Å²) in [4.78, 5) is 27.0. The van der Waals surface area contributed by atoms with E-state index >= 15 is 0 Å². The van der Waals surface area contributed by atoms with Crippen molar-refractivity contribution in [1.29, 1.82) is 0 Å². The molecule has 0 saturated carbocycles. The lowest BCUT2D eigenvalue weighted by molar-refractivity contribution is -0.139. The van der Waals surface area contributed by atoms with E-state index in [2.05, 4.69) is 20.8 Å². The molecule has 8 heteroatoms. The van der Waals surface area contributed by atoms with Crippen LogP contribution in [0.5, 0.6) is 0 Å². The number of rotatable bonds is 7. The average Bonchev–Trinajstić information content (AvgIpc) is 3.40. The second-order valence-electron chi connectivity index (χ2n) is 6.83.